The second kappa shape index (κ2) is 7.65. The number of fused-ring (bicyclic) bond motifs is 2. The third-order valence-electron chi connectivity index (χ3n) is 5.92. The molecule has 0 saturated heterocycles. The number of hydrogen-bond donors (Lipinski definition) is 0. The van der Waals surface area contributed by atoms with Crippen molar-refractivity contribution in [2.24, 2.45) is 0 Å². The van der Waals surface area contributed by atoms with E-state index in [0.717, 1.165) is 0 Å². The summed E-state index contributed by atoms with van der Waals surface area (Å²) in [6.45, 7) is 4.28. The highest BCUT2D eigenvalue weighted by Crippen LogP contribution is 2.44. The lowest BCUT2D eigenvalue weighted by Gasteiger charge is -2.19. The minimum atomic E-state index is 1.26. The van der Waals surface area contributed by atoms with Crippen molar-refractivity contribution in [3.05, 3.63) is 114 Å². The lowest BCUT2D eigenvalue weighted by Crippen LogP contribution is -1.93. The molecule has 5 aromatic rings. The fourth-order valence-corrected chi connectivity index (χ4v) is 4.62. The Morgan fingerprint density at radius 1 is 0.533 bits per heavy atom. The Kier molecular flexibility index (Phi) is 4.69. The molecule has 0 heteroatoms. The van der Waals surface area contributed by atoms with E-state index >= 15 is 0 Å². The van der Waals surface area contributed by atoms with Gasteiger partial charge in [0.1, 0.15) is 0 Å². The maximum absolute atomic E-state index is 2.27. The summed E-state index contributed by atoms with van der Waals surface area (Å²) in [6, 6.07) is 35.1. The predicted octanol–water partition coefficient (Wildman–Crippen LogP) is 8.67. The molecule has 5 rings (SSSR count). The molecular weight excluding hydrogens is 360 g/mol. The van der Waals surface area contributed by atoms with Gasteiger partial charge in [0.15, 0.2) is 0 Å². The first-order valence-corrected chi connectivity index (χ1v) is 10.5. The molecule has 0 spiro atoms. The van der Waals surface area contributed by atoms with Crippen LogP contribution in [0, 0.1) is 6.92 Å². The Morgan fingerprint density at radius 3 is 1.63 bits per heavy atom. The van der Waals surface area contributed by atoms with E-state index in [9.17, 15) is 0 Å². The zero-order valence-electron chi connectivity index (χ0n) is 17.4. The molecule has 144 valence electrons. The third kappa shape index (κ3) is 2.93. The van der Waals surface area contributed by atoms with Crippen LogP contribution >= 0.6 is 0 Å². The molecule has 0 nitrogen and oxygen atoms in total. The van der Waals surface area contributed by atoms with Gasteiger partial charge in [0.05, 0.1) is 0 Å². The van der Waals surface area contributed by atoms with Gasteiger partial charge < -0.3 is 0 Å². The SMILES string of the molecule is C/C=C\c1c(C)cccc1-c1c2ccccc2c(-c2ccccc2)c2ccccc12. The molecule has 0 aromatic heterocycles. The van der Waals surface area contributed by atoms with Crippen molar-refractivity contribution in [1.82, 2.24) is 0 Å². The second-order valence-corrected chi connectivity index (χ2v) is 7.74. The van der Waals surface area contributed by atoms with Crippen LogP contribution in [0.5, 0.6) is 0 Å². The molecule has 0 fully saturated rings. The Morgan fingerprint density at radius 2 is 1.07 bits per heavy atom. The lowest BCUT2D eigenvalue weighted by molar-refractivity contribution is 1.44. The molecule has 0 atom stereocenters. The topological polar surface area (TPSA) is 0 Å². The monoisotopic (exact) mass is 384 g/mol. The van der Waals surface area contributed by atoms with E-state index in [1.54, 1.807) is 0 Å². The fraction of sp³-hybridized carbons (Fsp3) is 0.0667. The van der Waals surface area contributed by atoms with Gasteiger partial charge in [-0.1, -0.05) is 109 Å². The molecule has 0 heterocycles. The summed E-state index contributed by atoms with van der Waals surface area (Å²) in [5, 5.41) is 5.19. The van der Waals surface area contributed by atoms with Gasteiger partial charge in [-0.3, -0.25) is 0 Å². The Balaban J connectivity index is 2.01. The van der Waals surface area contributed by atoms with Crippen LogP contribution in [0.1, 0.15) is 18.1 Å². The molecule has 5 aromatic carbocycles. The van der Waals surface area contributed by atoms with Gasteiger partial charge in [-0.05, 0) is 68.8 Å². The Hall–Kier alpha value is -3.64. The second-order valence-electron chi connectivity index (χ2n) is 7.74. The largest absolute Gasteiger partial charge is 0.0870 e. The highest BCUT2D eigenvalue weighted by Gasteiger charge is 2.17. The van der Waals surface area contributed by atoms with Gasteiger partial charge in [0.25, 0.3) is 0 Å². The summed E-state index contributed by atoms with van der Waals surface area (Å²) in [7, 11) is 0. The summed E-state index contributed by atoms with van der Waals surface area (Å²) < 4.78 is 0. The first-order chi connectivity index (χ1) is 14.8. The molecule has 0 bridgehead atoms. The van der Waals surface area contributed by atoms with E-state index in [2.05, 4.69) is 123 Å². The average molecular weight is 385 g/mol. The van der Waals surface area contributed by atoms with Crippen molar-refractivity contribution < 1.29 is 0 Å². The van der Waals surface area contributed by atoms with E-state index in [1.807, 2.05) is 0 Å². The maximum atomic E-state index is 2.27. The number of rotatable bonds is 3. The molecule has 0 saturated carbocycles. The van der Waals surface area contributed by atoms with Gasteiger partial charge in [-0.25, -0.2) is 0 Å². The van der Waals surface area contributed by atoms with E-state index in [-0.39, 0.29) is 0 Å². The first kappa shape index (κ1) is 18.4. The van der Waals surface area contributed by atoms with Crippen LogP contribution in [0.15, 0.2) is 103 Å². The highest BCUT2D eigenvalue weighted by molar-refractivity contribution is 6.21. The molecule has 0 N–H and O–H groups in total. The standard InChI is InChI=1S/C30H24/c1-3-12-23-21(2)13-11-20-24(23)30-27-18-9-7-16-25(27)29(22-14-5-4-6-15-22)26-17-8-10-19-28(26)30/h3-20H,1-2H3/b12-3-. The molecule has 0 radical (unpaired) electrons. The highest BCUT2D eigenvalue weighted by atomic mass is 14.2. The average Bonchev–Trinajstić information content (AvgIpc) is 2.79. The Labute approximate surface area is 178 Å². The van der Waals surface area contributed by atoms with Crippen LogP contribution in [0.25, 0.3) is 49.9 Å². The van der Waals surface area contributed by atoms with E-state index in [0.29, 0.717) is 0 Å². The van der Waals surface area contributed by atoms with Crippen LogP contribution in [0.4, 0.5) is 0 Å². The zero-order chi connectivity index (χ0) is 20.5. The van der Waals surface area contributed by atoms with E-state index in [4.69, 9.17) is 0 Å². The normalized spacial score (nSPS) is 11.5. The van der Waals surface area contributed by atoms with Gasteiger partial charge in [-0.2, -0.15) is 0 Å². The number of allylic oxidation sites excluding steroid dienone is 1. The molecule has 0 aliphatic heterocycles. The number of hydrogen-bond acceptors (Lipinski definition) is 0. The Bertz CT molecular complexity index is 1330. The summed E-state index contributed by atoms with van der Waals surface area (Å²) in [5.74, 6) is 0. The minimum absolute atomic E-state index is 1.26. The maximum Gasteiger partial charge on any atom is -0.00203 e. The number of aryl methyl sites for hydroxylation is 1. The van der Waals surface area contributed by atoms with Crippen molar-refractivity contribution in [3.8, 4) is 22.3 Å². The summed E-state index contributed by atoms with van der Waals surface area (Å²) >= 11 is 0. The van der Waals surface area contributed by atoms with Crippen molar-refractivity contribution in [3.63, 3.8) is 0 Å². The van der Waals surface area contributed by atoms with Crippen molar-refractivity contribution in [2.45, 2.75) is 13.8 Å². The summed E-state index contributed by atoms with van der Waals surface area (Å²) in [6.07, 6.45) is 4.37. The van der Waals surface area contributed by atoms with Crippen molar-refractivity contribution >= 4 is 27.6 Å². The predicted molar refractivity (Wildman–Crippen MR) is 132 cm³/mol. The quantitative estimate of drug-likeness (QED) is 0.273. The molecule has 0 aliphatic rings. The first-order valence-electron chi connectivity index (χ1n) is 10.5. The number of benzene rings is 5. The van der Waals surface area contributed by atoms with Crippen molar-refractivity contribution in [1.29, 1.82) is 0 Å². The smallest absolute Gasteiger partial charge is 0.00203 e. The van der Waals surface area contributed by atoms with Gasteiger partial charge in [0.2, 0.25) is 0 Å². The third-order valence-corrected chi connectivity index (χ3v) is 5.92. The zero-order valence-corrected chi connectivity index (χ0v) is 17.4. The summed E-state index contributed by atoms with van der Waals surface area (Å²) in [5.41, 5.74) is 7.77. The van der Waals surface area contributed by atoms with Crippen LogP contribution in [-0.2, 0) is 0 Å². The van der Waals surface area contributed by atoms with Gasteiger partial charge in [0, 0.05) is 0 Å². The summed E-state index contributed by atoms with van der Waals surface area (Å²) in [4.78, 5) is 0. The van der Waals surface area contributed by atoms with E-state index < -0.39 is 0 Å². The molecule has 0 unspecified atom stereocenters. The molecule has 0 aliphatic carbocycles. The van der Waals surface area contributed by atoms with Crippen LogP contribution in [-0.4, -0.2) is 0 Å². The van der Waals surface area contributed by atoms with Crippen LogP contribution in [0.3, 0.4) is 0 Å². The van der Waals surface area contributed by atoms with Crippen LogP contribution in [0.2, 0.25) is 0 Å². The van der Waals surface area contributed by atoms with Gasteiger partial charge in [-0.15, -0.1) is 0 Å². The molecule has 30 heavy (non-hydrogen) atoms. The van der Waals surface area contributed by atoms with Crippen LogP contribution < -0.4 is 0 Å². The molecule has 0 amide bonds. The molecular formula is C30H24. The van der Waals surface area contributed by atoms with Crippen molar-refractivity contribution in [2.75, 3.05) is 0 Å². The lowest BCUT2D eigenvalue weighted by atomic mass is 9.84. The van der Waals surface area contributed by atoms with E-state index in [1.165, 1.54) is 54.9 Å². The van der Waals surface area contributed by atoms with Gasteiger partial charge >= 0.3 is 0 Å². The fourth-order valence-electron chi connectivity index (χ4n) is 4.62. The minimum Gasteiger partial charge on any atom is -0.0870 e.